The lowest BCUT2D eigenvalue weighted by Gasteiger charge is -2.34. The molecule has 2 heterocycles. The van der Waals surface area contributed by atoms with Gasteiger partial charge in [-0.05, 0) is 31.6 Å². The van der Waals surface area contributed by atoms with Crippen LogP contribution in [0.2, 0.25) is 0 Å². The second-order valence-electron chi connectivity index (χ2n) is 7.58. The van der Waals surface area contributed by atoms with Gasteiger partial charge in [-0.25, -0.2) is 9.78 Å². The largest absolute Gasteiger partial charge is 0.383 e. The fraction of sp³-hybridized carbons (Fsp3) is 0.700. The van der Waals surface area contributed by atoms with Crippen molar-refractivity contribution >= 4 is 11.2 Å². The summed E-state index contributed by atoms with van der Waals surface area (Å²) in [6.45, 7) is 9.35. The van der Waals surface area contributed by atoms with Gasteiger partial charge in [0.25, 0.3) is 5.56 Å². The number of hydrogen-bond donors (Lipinski definition) is 0. The summed E-state index contributed by atoms with van der Waals surface area (Å²) in [6, 6.07) is 0. The first-order valence-electron chi connectivity index (χ1n) is 9.78. The van der Waals surface area contributed by atoms with E-state index in [0.717, 1.165) is 32.1 Å². The molecule has 1 radical (unpaired) electrons. The Kier molecular flexibility index (Phi) is 7.03. The van der Waals surface area contributed by atoms with E-state index in [9.17, 15) is 9.59 Å². The lowest BCUT2D eigenvalue weighted by atomic mass is 9.85. The highest BCUT2D eigenvalue weighted by atomic mass is 16.5. The molecule has 151 valence electrons. The van der Waals surface area contributed by atoms with Crippen LogP contribution < -0.4 is 11.2 Å². The molecule has 0 aliphatic rings. The molecule has 2 aromatic heterocycles. The van der Waals surface area contributed by atoms with Crippen LogP contribution in [-0.4, -0.2) is 32.4 Å². The normalized spacial score (nSPS) is 12.4. The molecule has 0 aromatic carbocycles. The van der Waals surface area contributed by atoms with Crippen molar-refractivity contribution in [3.63, 3.8) is 0 Å². The van der Waals surface area contributed by atoms with E-state index in [1.165, 1.54) is 15.1 Å². The molecule has 0 unspecified atom stereocenters. The Hall–Kier alpha value is -1.89. The van der Waals surface area contributed by atoms with E-state index in [2.05, 4.69) is 32.7 Å². The summed E-state index contributed by atoms with van der Waals surface area (Å²) >= 11 is 0. The van der Waals surface area contributed by atoms with Crippen molar-refractivity contribution in [1.82, 2.24) is 18.7 Å². The maximum atomic E-state index is 13.5. The Morgan fingerprint density at radius 1 is 1.22 bits per heavy atom. The van der Waals surface area contributed by atoms with Crippen LogP contribution in [0.3, 0.4) is 0 Å². The van der Waals surface area contributed by atoms with Crippen molar-refractivity contribution in [2.45, 2.75) is 71.9 Å². The SMILES string of the molecule is CCC(CC)(CCC[C](C)C)n1c(=O)c2c(ncn2CCOC)n(C)c1=O. The Morgan fingerprint density at radius 2 is 1.89 bits per heavy atom. The molecular weight excluding hydrogens is 344 g/mol. The number of rotatable bonds is 10. The molecule has 0 spiro atoms. The molecule has 0 aliphatic carbocycles. The molecule has 27 heavy (non-hydrogen) atoms. The van der Waals surface area contributed by atoms with Crippen LogP contribution in [0.1, 0.15) is 59.8 Å². The Bertz CT molecular complexity index is 872. The average molecular weight is 378 g/mol. The molecule has 7 heteroatoms. The van der Waals surface area contributed by atoms with Crippen LogP contribution >= 0.6 is 0 Å². The topological polar surface area (TPSA) is 71.0 Å². The van der Waals surface area contributed by atoms with E-state index in [1.807, 2.05) is 0 Å². The van der Waals surface area contributed by atoms with Crippen molar-refractivity contribution in [1.29, 1.82) is 0 Å². The molecule has 7 nitrogen and oxygen atoms in total. The van der Waals surface area contributed by atoms with Gasteiger partial charge in [0.1, 0.15) is 0 Å². The Balaban J connectivity index is 2.67. The maximum Gasteiger partial charge on any atom is 0.333 e. The van der Waals surface area contributed by atoms with Gasteiger partial charge in [-0.2, -0.15) is 0 Å². The van der Waals surface area contributed by atoms with Gasteiger partial charge in [0, 0.05) is 20.7 Å². The highest BCUT2D eigenvalue weighted by Crippen LogP contribution is 2.30. The van der Waals surface area contributed by atoms with Gasteiger partial charge in [0.2, 0.25) is 0 Å². The van der Waals surface area contributed by atoms with Gasteiger partial charge in [-0.1, -0.05) is 34.1 Å². The summed E-state index contributed by atoms with van der Waals surface area (Å²) in [5.74, 6) is 1.37. The number of hydrogen-bond acceptors (Lipinski definition) is 4. The molecule has 0 aliphatic heterocycles. The minimum Gasteiger partial charge on any atom is -0.383 e. The quantitative estimate of drug-likeness (QED) is 0.638. The van der Waals surface area contributed by atoms with Gasteiger partial charge >= 0.3 is 5.69 Å². The molecule has 0 bridgehead atoms. The van der Waals surface area contributed by atoms with Gasteiger partial charge < -0.3 is 9.30 Å². The van der Waals surface area contributed by atoms with Crippen molar-refractivity contribution in [3.8, 4) is 0 Å². The number of imidazole rings is 1. The summed E-state index contributed by atoms with van der Waals surface area (Å²) in [4.78, 5) is 30.9. The molecule has 0 N–H and O–H groups in total. The third-order valence-electron chi connectivity index (χ3n) is 5.67. The third-order valence-corrected chi connectivity index (χ3v) is 5.67. The maximum absolute atomic E-state index is 13.5. The molecule has 0 amide bonds. The second-order valence-corrected chi connectivity index (χ2v) is 7.58. The first-order valence-corrected chi connectivity index (χ1v) is 9.78. The second kappa shape index (κ2) is 8.87. The smallest absolute Gasteiger partial charge is 0.333 e. The van der Waals surface area contributed by atoms with Gasteiger partial charge in [0.15, 0.2) is 11.2 Å². The summed E-state index contributed by atoms with van der Waals surface area (Å²) < 4.78 is 9.92. The summed E-state index contributed by atoms with van der Waals surface area (Å²) in [5, 5.41) is 0. The van der Waals surface area contributed by atoms with E-state index in [-0.39, 0.29) is 11.2 Å². The van der Waals surface area contributed by atoms with Crippen LogP contribution in [-0.2, 0) is 23.9 Å². The monoisotopic (exact) mass is 377 g/mol. The lowest BCUT2D eigenvalue weighted by Crippen LogP contribution is -2.51. The first kappa shape index (κ1) is 21.4. The fourth-order valence-electron chi connectivity index (χ4n) is 3.85. The predicted molar refractivity (Wildman–Crippen MR) is 108 cm³/mol. The van der Waals surface area contributed by atoms with E-state index in [1.54, 1.807) is 25.1 Å². The van der Waals surface area contributed by atoms with Crippen LogP contribution in [0, 0.1) is 5.92 Å². The molecule has 2 aromatic rings. The van der Waals surface area contributed by atoms with E-state index in [4.69, 9.17) is 4.74 Å². The summed E-state index contributed by atoms with van der Waals surface area (Å²) in [7, 11) is 3.31. The molecule has 0 atom stereocenters. The Labute approximate surface area is 161 Å². The van der Waals surface area contributed by atoms with Gasteiger partial charge in [-0.3, -0.25) is 13.9 Å². The van der Waals surface area contributed by atoms with E-state index >= 15 is 0 Å². The number of aryl methyl sites for hydroxylation is 1. The highest BCUT2D eigenvalue weighted by Gasteiger charge is 2.33. The zero-order valence-corrected chi connectivity index (χ0v) is 17.5. The molecule has 0 saturated carbocycles. The van der Waals surface area contributed by atoms with E-state index < -0.39 is 5.54 Å². The average Bonchev–Trinajstić information content (AvgIpc) is 3.07. The molecule has 0 fully saturated rings. The van der Waals surface area contributed by atoms with Crippen LogP contribution in [0.15, 0.2) is 15.9 Å². The van der Waals surface area contributed by atoms with Gasteiger partial charge in [-0.15, -0.1) is 0 Å². The van der Waals surface area contributed by atoms with Crippen molar-refractivity contribution in [3.05, 3.63) is 33.1 Å². The third kappa shape index (κ3) is 4.03. The number of aromatic nitrogens is 4. The number of methoxy groups -OCH3 is 1. The van der Waals surface area contributed by atoms with Crippen molar-refractivity contribution in [2.24, 2.45) is 7.05 Å². The number of ether oxygens (including phenoxy) is 1. The predicted octanol–water partition coefficient (Wildman–Crippen LogP) is 2.84. The van der Waals surface area contributed by atoms with Crippen LogP contribution in [0.25, 0.3) is 11.2 Å². The molecule has 2 rings (SSSR count). The first-order chi connectivity index (χ1) is 12.8. The number of nitrogens with zero attached hydrogens (tertiary/aromatic N) is 4. The standard InChI is InChI=1S/C20H33N4O3/c1-7-20(8-2,11-9-10-15(3)4)24-18(25)16-17(22(5)19(24)26)21-14-23(16)12-13-27-6/h14H,7-13H2,1-6H3. The zero-order valence-electron chi connectivity index (χ0n) is 17.5. The van der Waals surface area contributed by atoms with Crippen molar-refractivity contribution in [2.75, 3.05) is 13.7 Å². The van der Waals surface area contributed by atoms with Crippen molar-refractivity contribution < 1.29 is 4.74 Å². The molecular formula is C20H33N4O3. The highest BCUT2D eigenvalue weighted by molar-refractivity contribution is 5.70. The van der Waals surface area contributed by atoms with Crippen LogP contribution in [0.5, 0.6) is 0 Å². The van der Waals surface area contributed by atoms with Crippen LogP contribution in [0.4, 0.5) is 0 Å². The fourth-order valence-corrected chi connectivity index (χ4v) is 3.85. The minimum atomic E-state index is -0.480. The lowest BCUT2D eigenvalue weighted by molar-refractivity contribution is 0.188. The van der Waals surface area contributed by atoms with Gasteiger partial charge in [0.05, 0.1) is 18.5 Å². The number of fused-ring (bicyclic) bond motifs is 1. The summed E-state index contributed by atoms with van der Waals surface area (Å²) in [6.07, 6.45) is 5.85. The summed E-state index contributed by atoms with van der Waals surface area (Å²) in [5.41, 5.74) is -0.116. The Morgan fingerprint density at radius 3 is 2.44 bits per heavy atom. The van der Waals surface area contributed by atoms with E-state index in [0.29, 0.717) is 24.3 Å². The zero-order chi connectivity index (χ0) is 20.2. The minimum absolute atomic E-state index is 0.248. The molecule has 0 saturated heterocycles.